The minimum absolute atomic E-state index is 0.00336. The molecule has 0 saturated carbocycles. The zero-order valence-electron chi connectivity index (χ0n) is 8.82. The van der Waals surface area contributed by atoms with E-state index < -0.39 is 18.3 Å². The Labute approximate surface area is 83.6 Å². The van der Waals surface area contributed by atoms with E-state index in [0.717, 1.165) is 19.3 Å². The molecular formula is C10H18F2O2. The molecule has 0 heterocycles. The van der Waals surface area contributed by atoms with E-state index >= 15 is 0 Å². The summed E-state index contributed by atoms with van der Waals surface area (Å²) >= 11 is 0. The van der Waals surface area contributed by atoms with Crippen molar-refractivity contribution in [3.05, 3.63) is 0 Å². The van der Waals surface area contributed by atoms with E-state index in [-0.39, 0.29) is 6.61 Å². The van der Waals surface area contributed by atoms with Crippen LogP contribution in [0, 0.1) is 0 Å². The number of hydrogen-bond donors (Lipinski definition) is 0. The van der Waals surface area contributed by atoms with Crippen molar-refractivity contribution < 1.29 is 18.3 Å². The van der Waals surface area contributed by atoms with Gasteiger partial charge < -0.3 is 4.74 Å². The molecule has 0 atom stereocenters. The van der Waals surface area contributed by atoms with Crippen LogP contribution in [0.5, 0.6) is 0 Å². The summed E-state index contributed by atoms with van der Waals surface area (Å²) in [4.78, 5) is 10.8. The van der Waals surface area contributed by atoms with Crippen LogP contribution in [-0.2, 0) is 9.53 Å². The molecule has 14 heavy (non-hydrogen) atoms. The summed E-state index contributed by atoms with van der Waals surface area (Å²) in [5.74, 6) is -4.69. The number of halogens is 2. The summed E-state index contributed by atoms with van der Waals surface area (Å²) in [6.45, 7) is 3.53. The molecule has 0 aliphatic rings. The molecular weight excluding hydrogens is 190 g/mol. The average Bonchev–Trinajstić information content (AvgIpc) is 2.13. The topological polar surface area (TPSA) is 26.3 Å². The average molecular weight is 208 g/mol. The number of carbonyl (C=O) groups is 1. The first-order chi connectivity index (χ1) is 6.54. The molecule has 0 rings (SSSR count). The Bertz CT molecular complexity index is 170. The van der Waals surface area contributed by atoms with Gasteiger partial charge in [-0.1, -0.05) is 26.2 Å². The van der Waals surface area contributed by atoms with Crippen molar-refractivity contribution in [2.24, 2.45) is 0 Å². The fourth-order valence-corrected chi connectivity index (χ4v) is 1.11. The molecule has 84 valence electrons. The highest BCUT2D eigenvalue weighted by Gasteiger charge is 2.39. The second-order valence-electron chi connectivity index (χ2n) is 3.24. The molecule has 0 aromatic rings. The van der Waals surface area contributed by atoms with Crippen molar-refractivity contribution in [3.63, 3.8) is 0 Å². The van der Waals surface area contributed by atoms with Gasteiger partial charge >= 0.3 is 11.9 Å². The Morgan fingerprint density at radius 1 is 1.21 bits per heavy atom. The lowest BCUT2D eigenvalue weighted by molar-refractivity contribution is -0.172. The summed E-state index contributed by atoms with van der Waals surface area (Å²) in [5, 5.41) is 0. The second kappa shape index (κ2) is 6.74. The molecule has 0 radical (unpaired) electrons. The van der Waals surface area contributed by atoms with E-state index in [1.807, 2.05) is 6.92 Å². The molecule has 0 amide bonds. The standard InChI is InChI=1S/C10H18F2O2/c1-3-5-6-7-8-10(11,12)9(13)14-4-2/h3-8H2,1-2H3. The van der Waals surface area contributed by atoms with E-state index in [1.54, 1.807) is 0 Å². The maximum atomic E-state index is 13.0. The van der Waals surface area contributed by atoms with Crippen molar-refractivity contribution in [2.45, 2.75) is 51.9 Å². The number of alkyl halides is 2. The van der Waals surface area contributed by atoms with Crippen molar-refractivity contribution >= 4 is 5.97 Å². The van der Waals surface area contributed by atoms with Crippen LogP contribution in [0.15, 0.2) is 0 Å². The quantitative estimate of drug-likeness (QED) is 0.474. The van der Waals surface area contributed by atoms with Crippen LogP contribution >= 0.6 is 0 Å². The van der Waals surface area contributed by atoms with Crippen molar-refractivity contribution in [3.8, 4) is 0 Å². The van der Waals surface area contributed by atoms with Gasteiger partial charge in [-0.2, -0.15) is 8.78 Å². The molecule has 0 aliphatic heterocycles. The fourth-order valence-electron chi connectivity index (χ4n) is 1.11. The highest BCUT2D eigenvalue weighted by molar-refractivity contribution is 5.77. The molecule has 0 aromatic heterocycles. The highest BCUT2D eigenvalue weighted by atomic mass is 19.3. The molecule has 0 saturated heterocycles. The first-order valence-corrected chi connectivity index (χ1v) is 5.09. The van der Waals surface area contributed by atoms with E-state index in [9.17, 15) is 13.6 Å². The second-order valence-corrected chi connectivity index (χ2v) is 3.24. The predicted octanol–water partition coefficient (Wildman–Crippen LogP) is 3.16. The van der Waals surface area contributed by atoms with Crippen LogP contribution in [0.4, 0.5) is 8.78 Å². The van der Waals surface area contributed by atoms with Crippen LogP contribution < -0.4 is 0 Å². The van der Waals surface area contributed by atoms with Crippen LogP contribution in [0.1, 0.15) is 46.0 Å². The van der Waals surface area contributed by atoms with Gasteiger partial charge in [-0.25, -0.2) is 4.79 Å². The lowest BCUT2D eigenvalue weighted by Crippen LogP contribution is -2.30. The van der Waals surface area contributed by atoms with Gasteiger partial charge in [0.05, 0.1) is 6.61 Å². The van der Waals surface area contributed by atoms with Gasteiger partial charge in [0.2, 0.25) is 0 Å². The highest BCUT2D eigenvalue weighted by Crippen LogP contribution is 2.23. The third-order valence-electron chi connectivity index (χ3n) is 1.92. The van der Waals surface area contributed by atoms with E-state index in [4.69, 9.17) is 0 Å². The number of carbonyl (C=O) groups excluding carboxylic acids is 1. The smallest absolute Gasteiger partial charge is 0.376 e. The van der Waals surface area contributed by atoms with E-state index in [2.05, 4.69) is 4.74 Å². The van der Waals surface area contributed by atoms with Gasteiger partial charge in [0.25, 0.3) is 0 Å². The van der Waals surface area contributed by atoms with Crippen LogP contribution in [-0.4, -0.2) is 18.5 Å². The number of hydrogen-bond acceptors (Lipinski definition) is 2. The van der Waals surface area contributed by atoms with Gasteiger partial charge in [0.15, 0.2) is 0 Å². The molecule has 0 bridgehead atoms. The van der Waals surface area contributed by atoms with Crippen molar-refractivity contribution in [2.75, 3.05) is 6.61 Å². The number of esters is 1. The fraction of sp³-hybridized carbons (Fsp3) is 0.900. The Kier molecular flexibility index (Phi) is 6.41. The molecule has 0 unspecified atom stereocenters. The lowest BCUT2D eigenvalue weighted by Gasteiger charge is -2.13. The third kappa shape index (κ3) is 5.14. The summed E-state index contributed by atoms with van der Waals surface area (Å²) in [7, 11) is 0. The van der Waals surface area contributed by atoms with E-state index in [1.165, 1.54) is 6.92 Å². The Morgan fingerprint density at radius 2 is 1.86 bits per heavy atom. The monoisotopic (exact) mass is 208 g/mol. The molecule has 2 nitrogen and oxygen atoms in total. The summed E-state index contributed by atoms with van der Waals surface area (Å²) < 4.78 is 30.2. The Hall–Kier alpha value is -0.670. The molecule has 0 fully saturated rings. The largest absolute Gasteiger partial charge is 0.462 e. The zero-order chi connectivity index (χ0) is 11.0. The maximum Gasteiger partial charge on any atom is 0.376 e. The minimum atomic E-state index is -3.30. The first kappa shape index (κ1) is 13.3. The molecule has 0 N–H and O–H groups in total. The SMILES string of the molecule is CCCCCCC(F)(F)C(=O)OCC. The maximum absolute atomic E-state index is 13.0. The summed E-state index contributed by atoms with van der Waals surface area (Å²) in [6.07, 6.45) is 2.64. The van der Waals surface area contributed by atoms with Gasteiger partial charge in [0, 0.05) is 6.42 Å². The predicted molar refractivity (Wildman–Crippen MR) is 50.3 cm³/mol. The van der Waals surface area contributed by atoms with Gasteiger partial charge in [-0.15, -0.1) is 0 Å². The van der Waals surface area contributed by atoms with Gasteiger partial charge in [0.1, 0.15) is 0 Å². The number of ether oxygens (including phenoxy) is 1. The van der Waals surface area contributed by atoms with Crippen LogP contribution in [0.25, 0.3) is 0 Å². The zero-order valence-corrected chi connectivity index (χ0v) is 8.82. The van der Waals surface area contributed by atoms with Crippen LogP contribution in [0.3, 0.4) is 0 Å². The number of unbranched alkanes of at least 4 members (excludes halogenated alkanes) is 3. The summed E-state index contributed by atoms with van der Waals surface area (Å²) in [6, 6.07) is 0. The Morgan fingerprint density at radius 3 is 2.36 bits per heavy atom. The normalized spacial score (nSPS) is 11.4. The minimum Gasteiger partial charge on any atom is -0.462 e. The molecule has 0 spiro atoms. The molecule has 0 aromatic carbocycles. The lowest BCUT2D eigenvalue weighted by atomic mass is 10.1. The van der Waals surface area contributed by atoms with Crippen molar-refractivity contribution in [1.82, 2.24) is 0 Å². The molecule has 0 aliphatic carbocycles. The molecule has 4 heteroatoms. The first-order valence-electron chi connectivity index (χ1n) is 5.09. The van der Waals surface area contributed by atoms with Gasteiger partial charge in [-0.05, 0) is 13.3 Å². The number of rotatable bonds is 7. The third-order valence-corrected chi connectivity index (χ3v) is 1.92. The summed E-state index contributed by atoms with van der Waals surface area (Å²) in [5.41, 5.74) is 0. The van der Waals surface area contributed by atoms with E-state index in [0.29, 0.717) is 6.42 Å². The Balaban J connectivity index is 3.76. The van der Waals surface area contributed by atoms with Crippen molar-refractivity contribution in [1.29, 1.82) is 0 Å². The van der Waals surface area contributed by atoms with Crippen LogP contribution in [0.2, 0.25) is 0 Å². The van der Waals surface area contributed by atoms with Gasteiger partial charge in [-0.3, -0.25) is 0 Å².